The quantitative estimate of drug-likeness (QED) is 0.484. The molecule has 0 bridgehead atoms. The Bertz CT molecular complexity index is 1070. The first kappa shape index (κ1) is 22.7. The number of aromatic nitrogens is 4. The van der Waals surface area contributed by atoms with Gasteiger partial charge in [-0.05, 0) is 30.0 Å². The molecule has 1 amide bonds. The van der Waals surface area contributed by atoms with Gasteiger partial charge < -0.3 is 10.0 Å². The third-order valence-electron chi connectivity index (χ3n) is 5.84. The lowest BCUT2D eigenvalue weighted by atomic mass is 10.0. The van der Waals surface area contributed by atoms with Crippen LogP contribution in [0.2, 0.25) is 0 Å². The number of aromatic amines is 1. The zero-order chi connectivity index (χ0) is 23.3. The molecule has 1 aliphatic rings. The second-order valence-corrected chi connectivity index (χ2v) is 8.05. The number of rotatable bonds is 9. The van der Waals surface area contributed by atoms with Gasteiger partial charge in [-0.25, -0.2) is 0 Å². The SMILES string of the molecule is O=C1CC[C@H](/C=C/C(O)C(F)(F)c2ccccc2)N1CCCc1ccc(-c2nn[nH]n2)cc1. The smallest absolute Gasteiger partial charge is 0.302 e. The van der Waals surface area contributed by atoms with Crippen molar-refractivity contribution in [2.24, 2.45) is 0 Å². The number of nitrogens with one attached hydrogen (secondary N) is 1. The van der Waals surface area contributed by atoms with Crippen LogP contribution in [0.4, 0.5) is 8.78 Å². The fourth-order valence-corrected chi connectivity index (χ4v) is 3.99. The highest BCUT2D eigenvalue weighted by Crippen LogP contribution is 2.32. The lowest BCUT2D eigenvalue weighted by Crippen LogP contribution is -2.34. The molecule has 33 heavy (non-hydrogen) atoms. The molecule has 0 saturated carbocycles. The number of aryl methyl sites for hydroxylation is 1. The van der Waals surface area contributed by atoms with E-state index in [4.69, 9.17) is 0 Å². The summed E-state index contributed by atoms with van der Waals surface area (Å²) in [5, 5.41) is 24.0. The van der Waals surface area contributed by atoms with E-state index in [9.17, 15) is 18.7 Å². The Hall–Kier alpha value is -3.46. The standard InChI is InChI=1S/C24H25F2N5O2/c25-24(26,19-6-2-1-3-7-19)21(32)14-12-20-13-15-22(33)31(20)16-4-5-17-8-10-18(11-9-17)23-27-29-30-28-23/h1-3,6-12,14,20-21,32H,4-5,13,15-16H2,(H,27,28,29,30)/b14-12+/t20-,21?/m0/s1. The van der Waals surface area contributed by atoms with Crippen molar-refractivity contribution in [1.29, 1.82) is 0 Å². The fraction of sp³-hybridized carbons (Fsp3) is 0.333. The molecule has 0 aliphatic carbocycles. The van der Waals surface area contributed by atoms with E-state index in [0.717, 1.165) is 30.0 Å². The van der Waals surface area contributed by atoms with Crippen LogP contribution in [0.25, 0.3) is 11.4 Å². The first-order chi connectivity index (χ1) is 15.9. The molecule has 1 unspecified atom stereocenters. The van der Waals surface area contributed by atoms with Crippen LogP contribution in [0.3, 0.4) is 0 Å². The molecule has 7 nitrogen and oxygen atoms in total. The summed E-state index contributed by atoms with van der Waals surface area (Å²) in [5.41, 5.74) is 1.73. The van der Waals surface area contributed by atoms with E-state index in [2.05, 4.69) is 20.6 Å². The molecule has 172 valence electrons. The lowest BCUT2D eigenvalue weighted by Gasteiger charge is -2.24. The number of alkyl halides is 2. The molecule has 1 aliphatic heterocycles. The molecule has 2 atom stereocenters. The Morgan fingerprint density at radius 2 is 1.94 bits per heavy atom. The molecule has 1 aromatic heterocycles. The van der Waals surface area contributed by atoms with Crippen LogP contribution < -0.4 is 0 Å². The van der Waals surface area contributed by atoms with Gasteiger partial charge in [-0.3, -0.25) is 4.79 Å². The molecule has 1 fully saturated rings. The monoisotopic (exact) mass is 453 g/mol. The lowest BCUT2D eigenvalue weighted by molar-refractivity contribution is -0.128. The van der Waals surface area contributed by atoms with E-state index in [0.29, 0.717) is 25.2 Å². The minimum atomic E-state index is -3.40. The van der Waals surface area contributed by atoms with Crippen molar-refractivity contribution >= 4 is 5.91 Å². The van der Waals surface area contributed by atoms with Gasteiger partial charge in [-0.15, -0.1) is 10.2 Å². The van der Waals surface area contributed by atoms with Crippen molar-refractivity contribution in [3.05, 3.63) is 77.9 Å². The molecular weight excluding hydrogens is 428 g/mol. The van der Waals surface area contributed by atoms with Gasteiger partial charge in [0.25, 0.3) is 0 Å². The van der Waals surface area contributed by atoms with E-state index >= 15 is 0 Å². The number of hydrogen-bond donors (Lipinski definition) is 2. The van der Waals surface area contributed by atoms with Crippen molar-refractivity contribution in [3.8, 4) is 11.4 Å². The van der Waals surface area contributed by atoms with Gasteiger partial charge in [0.1, 0.15) is 6.10 Å². The van der Waals surface area contributed by atoms with Crippen LogP contribution in [0.5, 0.6) is 0 Å². The zero-order valence-corrected chi connectivity index (χ0v) is 17.9. The molecule has 2 N–H and O–H groups in total. The number of aliphatic hydroxyl groups excluding tert-OH is 1. The maximum Gasteiger partial charge on any atom is 0.302 e. The molecule has 0 spiro atoms. The number of carbonyl (C=O) groups is 1. The third-order valence-corrected chi connectivity index (χ3v) is 5.84. The second kappa shape index (κ2) is 9.99. The third kappa shape index (κ3) is 5.31. The number of aliphatic hydroxyl groups is 1. The summed E-state index contributed by atoms with van der Waals surface area (Å²) in [6.45, 7) is 0.519. The molecule has 1 saturated heterocycles. The maximum atomic E-state index is 14.5. The highest BCUT2D eigenvalue weighted by molar-refractivity contribution is 5.79. The number of H-pyrrole nitrogens is 1. The van der Waals surface area contributed by atoms with Gasteiger partial charge in [0.15, 0.2) is 0 Å². The highest BCUT2D eigenvalue weighted by Gasteiger charge is 2.39. The van der Waals surface area contributed by atoms with E-state index in [1.165, 1.54) is 30.3 Å². The molecule has 0 radical (unpaired) electrons. The van der Waals surface area contributed by atoms with E-state index in [1.807, 2.05) is 24.3 Å². The summed E-state index contributed by atoms with van der Waals surface area (Å²) in [6.07, 6.45) is 3.11. The number of hydrogen-bond acceptors (Lipinski definition) is 5. The summed E-state index contributed by atoms with van der Waals surface area (Å²) < 4.78 is 29.0. The predicted octanol–water partition coefficient (Wildman–Crippen LogP) is 3.50. The maximum absolute atomic E-state index is 14.5. The minimum Gasteiger partial charge on any atom is -0.382 e. The fourth-order valence-electron chi connectivity index (χ4n) is 3.99. The van der Waals surface area contributed by atoms with E-state index < -0.39 is 12.0 Å². The van der Waals surface area contributed by atoms with E-state index in [-0.39, 0.29) is 17.5 Å². The van der Waals surface area contributed by atoms with Gasteiger partial charge in [0, 0.05) is 24.1 Å². The highest BCUT2D eigenvalue weighted by atomic mass is 19.3. The number of tetrazole rings is 1. The van der Waals surface area contributed by atoms with Gasteiger partial charge >= 0.3 is 5.92 Å². The van der Waals surface area contributed by atoms with Crippen LogP contribution in [-0.2, 0) is 17.1 Å². The largest absolute Gasteiger partial charge is 0.382 e. The van der Waals surface area contributed by atoms with E-state index in [1.54, 1.807) is 11.0 Å². The van der Waals surface area contributed by atoms with Crippen LogP contribution in [0.1, 0.15) is 30.4 Å². The van der Waals surface area contributed by atoms with Crippen molar-refractivity contribution in [3.63, 3.8) is 0 Å². The topological polar surface area (TPSA) is 95.0 Å². The Kier molecular flexibility index (Phi) is 6.88. The number of halogens is 2. The summed E-state index contributed by atoms with van der Waals surface area (Å²) in [5.74, 6) is -2.88. The summed E-state index contributed by atoms with van der Waals surface area (Å²) >= 11 is 0. The first-order valence-corrected chi connectivity index (χ1v) is 10.9. The Balaban J connectivity index is 1.32. The normalized spacial score (nSPS) is 17.7. The van der Waals surface area contributed by atoms with Crippen LogP contribution in [-0.4, -0.2) is 55.2 Å². The van der Waals surface area contributed by atoms with Gasteiger partial charge in [-0.2, -0.15) is 14.0 Å². The Morgan fingerprint density at radius 3 is 2.64 bits per heavy atom. The first-order valence-electron chi connectivity index (χ1n) is 10.9. The molecular formula is C24H25F2N5O2. The number of benzene rings is 2. The molecule has 3 aromatic rings. The molecule has 4 rings (SSSR count). The van der Waals surface area contributed by atoms with Crippen molar-refractivity contribution in [2.75, 3.05) is 6.54 Å². The molecule has 9 heteroatoms. The summed E-state index contributed by atoms with van der Waals surface area (Å²) in [6, 6.07) is 14.8. The van der Waals surface area contributed by atoms with Gasteiger partial charge in [0.05, 0.1) is 6.04 Å². The average molecular weight is 453 g/mol. The summed E-state index contributed by atoms with van der Waals surface area (Å²) in [7, 11) is 0. The van der Waals surface area contributed by atoms with Gasteiger partial charge in [0.2, 0.25) is 11.7 Å². The van der Waals surface area contributed by atoms with Crippen molar-refractivity contribution < 1.29 is 18.7 Å². The number of nitrogens with zero attached hydrogens (tertiary/aromatic N) is 4. The minimum absolute atomic E-state index is 0.00131. The molecule has 2 heterocycles. The number of carbonyl (C=O) groups excluding carboxylic acids is 1. The molecule has 2 aromatic carbocycles. The Morgan fingerprint density at radius 1 is 1.18 bits per heavy atom. The van der Waals surface area contributed by atoms with Crippen molar-refractivity contribution in [1.82, 2.24) is 25.5 Å². The second-order valence-electron chi connectivity index (χ2n) is 8.05. The predicted molar refractivity (Wildman–Crippen MR) is 118 cm³/mol. The van der Waals surface area contributed by atoms with Crippen LogP contribution >= 0.6 is 0 Å². The zero-order valence-electron chi connectivity index (χ0n) is 17.9. The average Bonchev–Trinajstić information content (AvgIpc) is 3.49. The number of amides is 1. The van der Waals surface area contributed by atoms with Crippen molar-refractivity contribution in [2.45, 2.75) is 43.8 Å². The summed E-state index contributed by atoms with van der Waals surface area (Å²) in [4.78, 5) is 14.0. The Labute approximate surface area is 190 Å². The van der Waals surface area contributed by atoms with Crippen LogP contribution in [0, 0.1) is 0 Å². The van der Waals surface area contributed by atoms with Gasteiger partial charge in [-0.1, -0.05) is 66.7 Å². The number of likely N-dealkylation sites (tertiary alicyclic amines) is 1. The van der Waals surface area contributed by atoms with Crippen LogP contribution in [0.15, 0.2) is 66.7 Å².